The van der Waals surface area contributed by atoms with E-state index in [-0.39, 0.29) is 17.9 Å². The zero-order valence-corrected chi connectivity index (χ0v) is 23.3. The number of fused-ring (bicyclic) bond motifs is 1. The lowest BCUT2D eigenvalue weighted by Gasteiger charge is -2.30. The van der Waals surface area contributed by atoms with Crippen molar-refractivity contribution in [3.8, 4) is 10.6 Å². The molecule has 0 amide bonds. The Morgan fingerprint density at radius 3 is 2.50 bits per heavy atom. The highest BCUT2D eigenvalue weighted by molar-refractivity contribution is 7.92. The number of pyridine rings is 1. The van der Waals surface area contributed by atoms with Crippen LogP contribution < -0.4 is 10.6 Å². The standard InChI is InChI=1S/C25H31F3N6O2S2/c1-13-18(22-33-20-17(37-22)9-10-29-19(20)14-5-6-14)21(34-23(31-13)30-12-25(26,27)28)32-16-8-7-15(11-16)24(2,3)38(4,35)36/h9-10,14-16H,5-8,11-12H2,1-4H3,(H2,30,31,32,34). The third-order valence-corrected chi connectivity index (χ3v) is 11.0. The van der Waals surface area contributed by atoms with Gasteiger partial charge in [-0.15, -0.1) is 11.3 Å². The molecule has 2 aliphatic rings. The first-order valence-electron chi connectivity index (χ1n) is 12.6. The SMILES string of the molecule is Cc1nc(NCC(F)(F)F)nc(NC2CCC(C(C)(C)S(C)(=O)=O)C2)c1-c1nc2c(C3CC3)nccc2s1. The molecule has 5 rings (SSSR count). The molecule has 0 aliphatic heterocycles. The van der Waals surface area contributed by atoms with E-state index in [9.17, 15) is 21.6 Å². The normalized spacial score (nSPS) is 20.7. The number of rotatable bonds is 8. The van der Waals surface area contributed by atoms with Crippen LogP contribution in [0.3, 0.4) is 0 Å². The molecule has 0 bridgehead atoms. The lowest BCUT2D eigenvalue weighted by atomic mass is 9.93. The zero-order chi connectivity index (χ0) is 27.5. The van der Waals surface area contributed by atoms with Gasteiger partial charge < -0.3 is 10.6 Å². The van der Waals surface area contributed by atoms with E-state index in [2.05, 4.69) is 25.6 Å². The van der Waals surface area contributed by atoms with Crippen molar-refractivity contribution in [3.63, 3.8) is 0 Å². The molecule has 2 fully saturated rings. The first-order valence-corrected chi connectivity index (χ1v) is 15.3. The van der Waals surface area contributed by atoms with Crippen LogP contribution in [0.25, 0.3) is 20.8 Å². The van der Waals surface area contributed by atoms with Crippen molar-refractivity contribution in [3.05, 3.63) is 23.7 Å². The number of aryl methyl sites for hydroxylation is 1. The molecule has 0 radical (unpaired) electrons. The van der Waals surface area contributed by atoms with Gasteiger partial charge in [-0.25, -0.2) is 18.4 Å². The number of alkyl halides is 3. The average molecular weight is 569 g/mol. The minimum absolute atomic E-state index is 0.0566. The molecule has 3 heterocycles. The molecule has 2 saturated carbocycles. The van der Waals surface area contributed by atoms with Crippen LogP contribution in [0.15, 0.2) is 12.3 Å². The predicted molar refractivity (Wildman–Crippen MR) is 143 cm³/mol. The second-order valence-electron chi connectivity index (χ2n) is 10.9. The van der Waals surface area contributed by atoms with E-state index in [0.29, 0.717) is 47.3 Å². The Bertz CT molecular complexity index is 1470. The molecule has 13 heteroatoms. The van der Waals surface area contributed by atoms with Crippen LogP contribution in [0, 0.1) is 12.8 Å². The summed E-state index contributed by atoms with van der Waals surface area (Å²) in [4.78, 5) is 18.2. The third kappa shape index (κ3) is 5.45. The van der Waals surface area contributed by atoms with E-state index in [1.807, 2.05) is 6.07 Å². The quantitative estimate of drug-likeness (QED) is 0.356. The van der Waals surface area contributed by atoms with E-state index >= 15 is 0 Å². The van der Waals surface area contributed by atoms with Gasteiger partial charge in [0, 0.05) is 24.4 Å². The number of hydrogen-bond acceptors (Lipinski definition) is 9. The van der Waals surface area contributed by atoms with E-state index in [1.165, 1.54) is 17.6 Å². The van der Waals surface area contributed by atoms with Crippen molar-refractivity contribution >= 4 is 43.2 Å². The van der Waals surface area contributed by atoms with Gasteiger partial charge in [-0.3, -0.25) is 4.98 Å². The fourth-order valence-electron chi connectivity index (χ4n) is 5.07. The Balaban J connectivity index is 1.51. The van der Waals surface area contributed by atoms with Gasteiger partial charge in [0.2, 0.25) is 5.95 Å². The molecule has 2 N–H and O–H groups in total. The van der Waals surface area contributed by atoms with Crippen molar-refractivity contribution in [1.82, 2.24) is 19.9 Å². The predicted octanol–water partition coefficient (Wildman–Crippen LogP) is 5.71. The van der Waals surface area contributed by atoms with Gasteiger partial charge >= 0.3 is 6.18 Å². The van der Waals surface area contributed by atoms with Gasteiger partial charge in [-0.05, 0) is 64.9 Å². The Morgan fingerprint density at radius 1 is 1.11 bits per heavy atom. The molecule has 2 atom stereocenters. The second kappa shape index (κ2) is 9.58. The van der Waals surface area contributed by atoms with Gasteiger partial charge in [-0.1, -0.05) is 0 Å². The summed E-state index contributed by atoms with van der Waals surface area (Å²) < 4.78 is 63.6. The van der Waals surface area contributed by atoms with Crippen molar-refractivity contribution in [2.24, 2.45) is 5.92 Å². The zero-order valence-electron chi connectivity index (χ0n) is 21.7. The highest BCUT2D eigenvalue weighted by Gasteiger charge is 2.43. The molecular weight excluding hydrogens is 537 g/mol. The van der Waals surface area contributed by atoms with E-state index in [1.54, 1.807) is 27.0 Å². The highest BCUT2D eigenvalue weighted by atomic mass is 32.2. The fraction of sp³-hybridized carbons (Fsp3) is 0.600. The maximum absolute atomic E-state index is 12.9. The summed E-state index contributed by atoms with van der Waals surface area (Å²) in [6.45, 7) is 3.98. The number of aromatic nitrogens is 4. The van der Waals surface area contributed by atoms with Gasteiger partial charge in [0.05, 0.1) is 26.4 Å². The highest BCUT2D eigenvalue weighted by Crippen LogP contribution is 2.45. The molecular formula is C25H31F3N6O2S2. The molecule has 3 aromatic heterocycles. The number of thiazole rings is 1. The molecule has 8 nitrogen and oxygen atoms in total. The first-order chi connectivity index (χ1) is 17.7. The Morgan fingerprint density at radius 2 is 1.84 bits per heavy atom. The average Bonchev–Trinajstić information content (AvgIpc) is 3.38. The summed E-state index contributed by atoms with van der Waals surface area (Å²) >= 11 is 1.48. The maximum Gasteiger partial charge on any atom is 0.405 e. The van der Waals surface area contributed by atoms with Crippen molar-refractivity contribution in [2.75, 3.05) is 23.4 Å². The number of anilines is 2. The number of nitrogens with zero attached hydrogens (tertiary/aromatic N) is 4. The molecule has 38 heavy (non-hydrogen) atoms. The van der Waals surface area contributed by atoms with Gasteiger partial charge in [0.1, 0.15) is 22.9 Å². The van der Waals surface area contributed by atoms with E-state index in [4.69, 9.17) is 4.98 Å². The van der Waals surface area contributed by atoms with Crippen LogP contribution in [0.5, 0.6) is 0 Å². The smallest absolute Gasteiger partial charge is 0.367 e. The first kappa shape index (κ1) is 27.0. The van der Waals surface area contributed by atoms with Crippen molar-refractivity contribution in [1.29, 1.82) is 0 Å². The third-order valence-electron chi connectivity index (χ3n) is 7.76. The molecule has 3 aromatic rings. The molecule has 206 valence electrons. The van der Waals surface area contributed by atoms with Crippen molar-refractivity contribution < 1.29 is 21.6 Å². The van der Waals surface area contributed by atoms with Crippen LogP contribution in [0.4, 0.5) is 24.9 Å². The summed E-state index contributed by atoms with van der Waals surface area (Å²) in [5.41, 5.74) is 2.95. The van der Waals surface area contributed by atoms with Crippen LogP contribution >= 0.6 is 11.3 Å². The summed E-state index contributed by atoms with van der Waals surface area (Å²) in [6.07, 6.45) is 2.83. The Labute approximate surface area is 223 Å². The number of hydrogen-bond donors (Lipinski definition) is 2. The Kier molecular flexibility index (Phi) is 6.82. The Hall–Kier alpha value is -2.54. The lowest BCUT2D eigenvalue weighted by molar-refractivity contribution is -0.115. The second-order valence-corrected chi connectivity index (χ2v) is 14.5. The van der Waals surface area contributed by atoms with Crippen LogP contribution in [-0.4, -0.2) is 58.1 Å². The topological polar surface area (TPSA) is 110 Å². The molecule has 0 spiro atoms. The van der Waals surface area contributed by atoms with Crippen LogP contribution in [0.1, 0.15) is 63.3 Å². The summed E-state index contributed by atoms with van der Waals surface area (Å²) in [5.74, 6) is 0.619. The number of sulfone groups is 1. The number of halogens is 3. The summed E-state index contributed by atoms with van der Waals surface area (Å²) in [7, 11) is -3.27. The number of nitrogens with one attached hydrogen (secondary N) is 2. The minimum atomic E-state index is -4.42. The van der Waals surface area contributed by atoms with Gasteiger partial charge in [-0.2, -0.15) is 18.2 Å². The van der Waals surface area contributed by atoms with Crippen LogP contribution in [0.2, 0.25) is 0 Å². The molecule has 2 unspecified atom stereocenters. The van der Waals surface area contributed by atoms with E-state index < -0.39 is 27.3 Å². The lowest BCUT2D eigenvalue weighted by Crippen LogP contribution is -2.38. The maximum atomic E-state index is 12.9. The molecule has 0 saturated heterocycles. The minimum Gasteiger partial charge on any atom is -0.367 e. The van der Waals surface area contributed by atoms with Gasteiger partial charge in [0.25, 0.3) is 0 Å². The molecule has 2 aliphatic carbocycles. The largest absolute Gasteiger partial charge is 0.405 e. The van der Waals surface area contributed by atoms with Gasteiger partial charge in [0.15, 0.2) is 9.84 Å². The monoisotopic (exact) mass is 568 g/mol. The van der Waals surface area contributed by atoms with Crippen LogP contribution in [-0.2, 0) is 9.84 Å². The van der Waals surface area contributed by atoms with E-state index in [0.717, 1.165) is 28.8 Å². The summed E-state index contributed by atoms with van der Waals surface area (Å²) in [6, 6.07) is 1.82. The molecule has 0 aromatic carbocycles. The summed E-state index contributed by atoms with van der Waals surface area (Å²) in [5, 5.41) is 6.38. The fourth-order valence-corrected chi connectivity index (χ4v) is 6.96. The van der Waals surface area contributed by atoms with Crippen molar-refractivity contribution in [2.45, 2.75) is 75.8 Å².